The number of rotatable bonds is 4. The van der Waals surface area contributed by atoms with Gasteiger partial charge in [0.15, 0.2) is 0 Å². The first-order valence-electron chi connectivity index (χ1n) is 4.79. The fraction of sp³-hybridized carbons (Fsp3) is 0.364. The number of phenols is 1. The van der Waals surface area contributed by atoms with Crippen LogP contribution in [0.15, 0.2) is 18.2 Å². The molecule has 4 nitrogen and oxygen atoms in total. The van der Waals surface area contributed by atoms with Gasteiger partial charge in [0.1, 0.15) is 11.3 Å². The molecule has 0 aliphatic rings. The van der Waals surface area contributed by atoms with Crippen molar-refractivity contribution in [2.45, 2.75) is 20.0 Å². The molecule has 0 spiro atoms. The summed E-state index contributed by atoms with van der Waals surface area (Å²) in [6.07, 6.45) is 0.728. The molecular formula is C11H14O4. The summed E-state index contributed by atoms with van der Waals surface area (Å²) in [7, 11) is 0. The van der Waals surface area contributed by atoms with E-state index in [-0.39, 0.29) is 17.9 Å². The third-order valence-electron chi connectivity index (χ3n) is 1.90. The summed E-state index contributed by atoms with van der Waals surface area (Å²) in [4.78, 5) is 11.4. The summed E-state index contributed by atoms with van der Waals surface area (Å²) < 4.78 is 4.88. The van der Waals surface area contributed by atoms with Gasteiger partial charge in [-0.25, -0.2) is 4.79 Å². The third kappa shape index (κ3) is 2.95. The molecule has 0 saturated heterocycles. The van der Waals surface area contributed by atoms with Gasteiger partial charge in [0, 0.05) is 0 Å². The van der Waals surface area contributed by atoms with E-state index in [2.05, 4.69) is 0 Å². The van der Waals surface area contributed by atoms with Crippen molar-refractivity contribution in [3.63, 3.8) is 0 Å². The van der Waals surface area contributed by atoms with Gasteiger partial charge in [0.2, 0.25) is 0 Å². The van der Waals surface area contributed by atoms with Gasteiger partial charge in [0.25, 0.3) is 0 Å². The smallest absolute Gasteiger partial charge is 0.341 e. The van der Waals surface area contributed by atoms with Crippen LogP contribution < -0.4 is 0 Å². The number of hydrogen-bond acceptors (Lipinski definition) is 4. The third-order valence-corrected chi connectivity index (χ3v) is 1.90. The number of hydrogen-bond donors (Lipinski definition) is 2. The fourth-order valence-electron chi connectivity index (χ4n) is 1.12. The van der Waals surface area contributed by atoms with E-state index >= 15 is 0 Å². The Balaban J connectivity index is 2.86. The molecule has 2 N–H and O–H groups in total. The van der Waals surface area contributed by atoms with E-state index < -0.39 is 5.97 Å². The van der Waals surface area contributed by atoms with Crippen LogP contribution in [0.2, 0.25) is 0 Å². The number of ether oxygens (including phenoxy) is 1. The first-order valence-corrected chi connectivity index (χ1v) is 4.79. The predicted molar refractivity (Wildman–Crippen MR) is 54.6 cm³/mol. The topological polar surface area (TPSA) is 66.8 Å². The van der Waals surface area contributed by atoms with E-state index in [0.717, 1.165) is 6.42 Å². The number of carbonyl (C=O) groups excluding carboxylic acids is 1. The maximum atomic E-state index is 11.4. The molecule has 0 aromatic heterocycles. The highest BCUT2D eigenvalue weighted by molar-refractivity contribution is 5.92. The van der Waals surface area contributed by atoms with E-state index in [4.69, 9.17) is 9.84 Å². The van der Waals surface area contributed by atoms with Crippen molar-refractivity contribution in [3.05, 3.63) is 29.3 Å². The van der Waals surface area contributed by atoms with Crippen molar-refractivity contribution in [2.75, 3.05) is 6.61 Å². The minimum absolute atomic E-state index is 0.0926. The molecule has 1 aromatic rings. The van der Waals surface area contributed by atoms with Gasteiger partial charge < -0.3 is 14.9 Å². The Morgan fingerprint density at radius 2 is 2.20 bits per heavy atom. The van der Waals surface area contributed by atoms with Crippen LogP contribution in [-0.2, 0) is 11.3 Å². The van der Waals surface area contributed by atoms with Crippen molar-refractivity contribution in [3.8, 4) is 5.75 Å². The molecular weight excluding hydrogens is 196 g/mol. The van der Waals surface area contributed by atoms with Crippen LogP contribution >= 0.6 is 0 Å². The standard InChI is InChI=1S/C11H14O4/c1-2-5-15-11(14)9-6-8(7-12)3-4-10(9)13/h3-4,6,12-13H,2,5,7H2,1H3. The first-order chi connectivity index (χ1) is 7.19. The Morgan fingerprint density at radius 1 is 1.47 bits per heavy atom. The van der Waals surface area contributed by atoms with Crippen LogP contribution in [0.5, 0.6) is 5.75 Å². The van der Waals surface area contributed by atoms with Gasteiger partial charge in [-0.3, -0.25) is 0 Å². The van der Waals surface area contributed by atoms with E-state index in [1.807, 2.05) is 6.92 Å². The molecule has 0 radical (unpaired) electrons. The molecule has 1 rings (SSSR count). The number of phenolic OH excluding ortho intramolecular Hbond substituents is 1. The minimum Gasteiger partial charge on any atom is -0.507 e. The number of esters is 1. The Bertz CT molecular complexity index is 346. The lowest BCUT2D eigenvalue weighted by atomic mass is 10.1. The van der Waals surface area contributed by atoms with Crippen LogP contribution in [0, 0.1) is 0 Å². The van der Waals surface area contributed by atoms with Gasteiger partial charge in [-0.1, -0.05) is 13.0 Å². The molecule has 0 heterocycles. The van der Waals surface area contributed by atoms with Gasteiger partial charge in [-0.2, -0.15) is 0 Å². The molecule has 0 aliphatic carbocycles. The van der Waals surface area contributed by atoms with Crippen LogP contribution in [0.4, 0.5) is 0 Å². The molecule has 0 atom stereocenters. The van der Waals surface area contributed by atoms with E-state index in [9.17, 15) is 9.90 Å². The summed E-state index contributed by atoms with van der Waals surface area (Å²) in [5, 5.41) is 18.3. The summed E-state index contributed by atoms with van der Waals surface area (Å²) in [6, 6.07) is 4.34. The predicted octanol–water partition coefficient (Wildman–Crippen LogP) is 1.45. The Hall–Kier alpha value is -1.55. The number of aliphatic hydroxyl groups excluding tert-OH is 1. The average Bonchev–Trinajstić information content (AvgIpc) is 2.26. The zero-order valence-electron chi connectivity index (χ0n) is 8.56. The van der Waals surface area contributed by atoms with Gasteiger partial charge in [0.05, 0.1) is 13.2 Å². The number of aromatic hydroxyl groups is 1. The normalized spacial score (nSPS) is 10.0. The molecule has 0 aliphatic heterocycles. The van der Waals surface area contributed by atoms with Crippen molar-refractivity contribution in [2.24, 2.45) is 0 Å². The van der Waals surface area contributed by atoms with Crippen molar-refractivity contribution < 1.29 is 19.7 Å². The van der Waals surface area contributed by atoms with Crippen LogP contribution in [0.3, 0.4) is 0 Å². The van der Waals surface area contributed by atoms with Crippen LogP contribution in [0.1, 0.15) is 29.3 Å². The van der Waals surface area contributed by atoms with E-state index in [0.29, 0.717) is 12.2 Å². The fourth-order valence-corrected chi connectivity index (χ4v) is 1.12. The average molecular weight is 210 g/mol. The maximum absolute atomic E-state index is 11.4. The van der Waals surface area contributed by atoms with Crippen LogP contribution in [-0.4, -0.2) is 22.8 Å². The van der Waals surface area contributed by atoms with Crippen LogP contribution in [0.25, 0.3) is 0 Å². The lowest BCUT2D eigenvalue weighted by Crippen LogP contribution is -2.06. The van der Waals surface area contributed by atoms with Crippen molar-refractivity contribution in [1.82, 2.24) is 0 Å². The quantitative estimate of drug-likeness (QED) is 0.738. The monoisotopic (exact) mass is 210 g/mol. The van der Waals surface area contributed by atoms with Gasteiger partial charge in [-0.05, 0) is 24.1 Å². The number of carbonyl (C=O) groups is 1. The highest BCUT2D eigenvalue weighted by Gasteiger charge is 2.12. The molecule has 82 valence electrons. The highest BCUT2D eigenvalue weighted by atomic mass is 16.5. The molecule has 4 heteroatoms. The molecule has 0 amide bonds. The lowest BCUT2D eigenvalue weighted by molar-refractivity contribution is 0.0501. The summed E-state index contributed by atoms with van der Waals surface area (Å²) in [5.41, 5.74) is 0.659. The summed E-state index contributed by atoms with van der Waals surface area (Å²) >= 11 is 0. The largest absolute Gasteiger partial charge is 0.507 e. The SMILES string of the molecule is CCCOC(=O)c1cc(CO)ccc1O. The summed E-state index contributed by atoms with van der Waals surface area (Å²) in [6.45, 7) is 2.03. The molecule has 0 bridgehead atoms. The molecule has 15 heavy (non-hydrogen) atoms. The second kappa shape index (κ2) is 5.36. The van der Waals surface area contributed by atoms with E-state index in [1.54, 1.807) is 6.07 Å². The Kier molecular flexibility index (Phi) is 4.12. The first kappa shape index (κ1) is 11.5. The molecule has 0 fully saturated rings. The zero-order valence-corrected chi connectivity index (χ0v) is 8.56. The van der Waals surface area contributed by atoms with Crippen molar-refractivity contribution in [1.29, 1.82) is 0 Å². The van der Waals surface area contributed by atoms with Gasteiger partial charge >= 0.3 is 5.97 Å². The zero-order chi connectivity index (χ0) is 11.3. The molecule has 0 saturated carbocycles. The van der Waals surface area contributed by atoms with E-state index in [1.165, 1.54) is 12.1 Å². The number of benzene rings is 1. The molecule has 0 unspecified atom stereocenters. The number of aliphatic hydroxyl groups is 1. The van der Waals surface area contributed by atoms with Gasteiger partial charge in [-0.15, -0.1) is 0 Å². The minimum atomic E-state index is -0.565. The Morgan fingerprint density at radius 3 is 2.80 bits per heavy atom. The maximum Gasteiger partial charge on any atom is 0.341 e. The second-order valence-electron chi connectivity index (χ2n) is 3.15. The Labute approximate surface area is 88.1 Å². The highest BCUT2D eigenvalue weighted by Crippen LogP contribution is 2.19. The summed E-state index contributed by atoms with van der Waals surface area (Å²) in [5.74, 6) is -0.696. The molecule has 1 aromatic carbocycles. The lowest BCUT2D eigenvalue weighted by Gasteiger charge is -2.06. The second-order valence-corrected chi connectivity index (χ2v) is 3.15. The van der Waals surface area contributed by atoms with Crippen molar-refractivity contribution >= 4 is 5.97 Å².